The third-order valence-electron chi connectivity index (χ3n) is 4.81. The lowest BCUT2D eigenvalue weighted by Crippen LogP contribution is -2.15. The van der Waals surface area contributed by atoms with E-state index >= 15 is 0 Å². The number of nitro benzene ring substituents is 1. The van der Waals surface area contributed by atoms with Gasteiger partial charge in [0.25, 0.3) is 11.6 Å². The summed E-state index contributed by atoms with van der Waals surface area (Å²) in [5, 5.41) is 27.2. The van der Waals surface area contributed by atoms with Gasteiger partial charge in [-0.05, 0) is 67.9 Å². The molecule has 168 valence electrons. The number of amides is 1. The molecule has 0 spiro atoms. The van der Waals surface area contributed by atoms with Crippen molar-refractivity contribution >= 4 is 29.2 Å². The molecule has 0 saturated heterocycles. The number of aromatic nitrogens is 5. The predicted octanol–water partition coefficient (Wildman–Crippen LogP) is 4.24. The number of rotatable bonds is 6. The van der Waals surface area contributed by atoms with Crippen LogP contribution in [0.25, 0.3) is 5.69 Å². The third kappa shape index (κ3) is 4.77. The van der Waals surface area contributed by atoms with Crippen LogP contribution in [-0.2, 0) is 7.05 Å². The molecule has 0 saturated carbocycles. The Labute approximate surface area is 193 Å². The molecule has 2 aromatic heterocycles. The van der Waals surface area contributed by atoms with E-state index in [2.05, 4.69) is 26.7 Å². The largest absolute Gasteiger partial charge is 0.311 e. The molecular weight excluding hydrogens is 442 g/mol. The van der Waals surface area contributed by atoms with Crippen molar-refractivity contribution in [2.75, 3.05) is 5.32 Å². The molecule has 1 amide bonds. The Bertz CT molecular complexity index is 1360. The number of aryl methyl sites for hydroxylation is 4. The van der Waals surface area contributed by atoms with Crippen LogP contribution in [0.5, 0.6) is 0 Å². The first-order chi connectivity index (χ1) is 15.7. The number of nitrogens with one attached hydrogen (secondary N) is 1. The van der Waals surface area contributed by atoms with Crippen molar-refractivity contribution < 1.29 is 9.72 Å². The maximum atomic E-state index is 13.0. The Kier molecular flexibility index (Phi) is 5.97. The summed E-state index contributed by atoms with van der Waals surface area (Å²) in [6.07, 6.45) is 1.51. The quantitative estimate of drug-likeness (QED) is 0.335. The second kappa shape index (κ2) is 8.87. The van der Waals surface area contributed by atoms with Crippen molar-refractivity contribution in [1.82, 2.24) is 24.5 Å². The van der Waals surface area contributed by atoms with E-state index in [1.807, 2.05) is 32.9 Å². The van der Waals surface area contributed by atoms with Crippen LogP contribution in [0, 0.1) is 30.9 Å². The van der Waals surface area contributed by atoms with E-state index in [1.54, 1.807) is 34.5 Å². The van der Waals surface area contributed by atoms with E-state index in [0.29, 0.717) is 15.9 Å². The Hall–Kier alpha value is -3.99. The number of hydrogen-bond donors (Lipinski definition) is 1. The minimum absolute atomic E-state index is 0.162. The first-order valence-corrected chi connectivity index (χ1v) is 10.8. The SMILES string of the molecule is Cc1cc(C)cc(-n2nc(C)cc2NC(=O)c2ccc(Sc3nncn3C)c([N+](=O)[O-])c2)c1. The zero-order valence-electron chi connectivity index (χ0n) is 18.4. The van der Waals surface area contributed by atoms with E-state index < -0.39 is 10.8 Å². The zero-order valence-corrected chi connectivity index (χ0v) is 19.3. The van der Waals surface area contributed by atoms with Crippen molar-refractivity contribution in [2.45, 2.75) is 30.8 Å². The summed E-state index contributed by atoms with van der Waals surface area (Å²) in [4.78, 5) is 24.5. The number of hydrogen-bond acceptors (Lipinski definition) is 7. The lowest BCUT2D eigenvalue weighted by Gasteiger charge is -2.11. The van der Waals surface area contributed by atoms with Crippen molar-refractivity contribution in [3.05, 3.63) is 81.3 Å². The fourth-order valence-corrected chi connectivity index (χ4v) is 4.25. The van der Waals surface area contributed by atoms with E-state index in [0.717, 1.165) is 34.3 Å². The zero-order chi connectivity index (χ0) is 23.7. The molecule has 4 aromatic rings. The van der Waals surface area contributed by atoms with Gasteiger partial charge in [-0.3, -0.25) is 14.9 Å². The summed E-state index contributed by atoms with van der Waals surface area (Å²) in [6, 6.07) is 12.1. The summed E-state index contributed by atoms with van der Waals surface area (Å²) < 4.78 is 3.31. The van der Waals surface area contributed by atoms with Gasteiger partial charge >= 0.3 is 0 Å². The average Bonchev–Trinajstić information content (AvgIpc) is 3.32. The summed E-state index contributed by atoms with van der Waals surface area (Å²) in [5.41, 5.74) is 3.66. The van der Waals surface area contributed by atoms with E-state index in [1.165, 1.54) is 12.4 Å². The molecule has 0 aliphatic heterocycles. The highest BCUT2D eigenvalue weighted by Gasteiger charge is 2.21. The number of benzene rings is 2. The van der Waals surface area contributed by atoms with Crippen LogP contribution < -0.4 is 5.32 Å². The van der Waals surface area contributed by atoms with Gasteiger partial charge in [0.2, 0.25) is 0 Å². The number of nitro groups is 1. The molecule has 1 N–H and O–H groups in total. The van der Waals surface area contributed by atoms with Crippen LogP contribution in [0.15, 0.2) is 58.8 Å². The fourth-order valence-electron chi connectivity index (χ4n) is 3.40. The van der Waals surface area contributed by atoms with Gasteiger partial charge in [0, 0.05) is 24.7 Å². The lowest BCUT2D eigenvalue weighted by atomic mass is 10.1. The molecule has 2 aromatic carbocycles. The molecule has 0 aliphatic rings. The lowest BCUT2D eigenvalue weighted by molar-refractivity contribution is -0.387. The Morgan fingerprint density at radius 1 is 1.09 bits per heavy atom. The van der Waals surface area contributed by atoms with Crippen molar-refractivity contribution in [2.24, 2.45) is 7.05 Å². The van der Waals surface area contributed by atoms with Crippen LogP contribution >= 0.6 is 11.8 Å². The molecule has 0 fully saturated rings. The molecule has 33 heavy (non-hydrogen) atoms. The van der Waals surface area contributed by atoms with Gasteiger partial charge in [-0.2, -0.15) is 5.10 Å². The number of carbonyl (C=O) groups is 1. The number of nitrogens with zero attached hydrogens (tertiary/aromatic N) is 6. The monoisotopic (exact) mass is 463 g/mol. The molecule has 11 heteroatoms. The second-order valence-corrected chi connectivity index (χ2v) is 8.66. The molecule has 0 bridgehead atoms. The molecule has 2 heterocycles. The van der Waals surface area contributed by atoms with Crippen molar-refractivity contribution in [3.8, 4) is 5.69 Å². The van der Waals surface area contributed by atoms with Gasteiger partial charge in [0.15, 0.2) is 5.16 Å². The van der Waals surface area contributed by atoms with Gasteiger partial charge in [-0.25, -0.2) is 4.68 Å². The van der Waals surface area contributed by atoms with Crippen LogP contribution in [0.4, 0.5) is 11.5 Å². The van der Waals surface area contributed by atoms with Gasteiger partial charge in [0.05, 0.1) is 21.2 Å². The van der Waals surface area contributed by atoms with Gasteiger partial charge in [-0.15, -0.1) is 10.2 Å². The maximum Gasteiger partial charge on any atom is 0.284 e. The number of carbonyl (C=O) groups excluding carboxylic acids is 1. The summed E-state index contributed by atoms with van der Waals surface area (Å²) in [6.45, 7) is 5.81. The average molecular weight is 464 g/mol. The minimum Gasteiger partial charge on any atom is -0.311 e. The third-order valence-corrected chi connectivity index (χ3v) is 5.93. The normalized spacial score (nSPS) is 10.9. The first kappa shape index (κ1) is 22.2. The Balaban J connectivity index is 1.64. The highest BCUT2D eigenvalue weighted by atomic mass is 32.2. The van der Waals surface area contributed by atoms with E-state index in [9.17, 15) is 14.9 Å². The van der Waals surface area contributed by atoms with Crippen molar-refractivity contribution in [3.63, 3.8) is 0 Å². The van der Waals surface area contributed by atoms with E-state index in [-0.39, 0.29) is 11.3 Å². The molecule has 0 atom stereocenters. The predicted molar refractivity (Wildman–Crippen MR) is 124 cm³/mol. The summed E-state index contributed by atoms with van der Waals surface area (Å²) in [7, 11) is 1.75. The highest BCUT2D eigenvalue weighted by Crippen LogP contribution is 2.34. The van der Waals surface area contributed by atoms with Crippen LogP contribution in [-0.4, -0.2) is 35.4 Å². The van der Waals surface area contributed by atoms with Crippen LogP contribution in [0.1, 0.15) is 27.2 Å². The molecule has 4 rings (SSSR count). The Morgan fingerprint density at radius 3 is 2.45 bits per heavy atom. The minimum atomic E-state index is -0.514. The first-order valence-electron chi connectivity index (χ1n) is 9.98. The highest BCUT2D eigenvalue weighted by molar-refractivity contribution is 7.99. The van der Waals surface area contributed by atoms with Gasteiger partial charge in [0.1, 0.15) is 12.1 Å². The second-order valence-electron chi connectivity index (χ2n) is 7.65. The molecule has 0 unspecified atom stereocenters. The Morgan fingerprint density at radius 2 is 1.82 bits per heavy atom. The molecule has 0 aliphatic carbocycles. The van der Waals surface area contributed by atoms with Crippen LogP contribution in [0.3, 0.4) is 0 Å². The van der Waals surface area contributed by atoms with Gasteiger partial charge in [-0.1, -0.05) is 6.07 Å². The summed E-state index contributed by atoms with van der Waals surface area (Å²) >= 11 is 1.11. The number of anilines is 1. The van der Waals surface area contributed by atoms with Crippen LogP contribution in [0.2, 0.25) is 0 Å². The molecule has 10 nitrogen and oxygen atoms in total. The topological polar surface area (TPSA) is 121 Å². The summed E-state index contributed by atoms with van der Waals surface area (Å²) in [5.74, 6) is 0.00141. The fraction of sp³-hybridized carbons (Fsp3) is 0.182. The van der Waals surface area contributed by atoms with Gasteiger partial charge < -0.3 is 9.88 Å². The molecular formula is C22H21N7O3S. The smallest absolute Gasteiger partial charge is 0.284 e. The van der Waals surface area contributed by atoms with E-state index in [4.69, 9.17) is 0 Å². The standard InChI is InChI=1S/C22H21N7O3S/c1-13-7-14(2)9-17(8-13)28-20(10-15(3)26-28)24-21(30)16-5-6-19(18(11-16)29(31)32)33-22-25-23-12-27(22)4/h5-12H,1-4H3,(H,24,30). The van der Waals surface area contributed by atoms with Crippen molar-refractivity contribution in [1.29, 1.82) is 0 Å². The molecule has 0 radical (unpaired) electrons. The maximum absolute atomic E-state index is 13.0.